The van der Waals surface area contributed by atoms with Gasteiger partial charge in [-0.25, -0.2) is 0 Å². The van der Waals surface area contributed by atoms with E-state index in [1.807, 2.05) is 44.2 Å². The molecule has 1 rings (SSSR count). The second-order valence-electron chi connectivity index (χ2n) is 5.01. The van der Waals surface area contributed by atoms with Gasteiger partial charge in [0.05, 0.1) is 19.1 Å². The number of carboxylic acids is 1. The number of rotatable bonds is 8. The zero-order valence-corrected chi connectivity index (χ0v) is 11.6. The molecule has 0 aliphatic rings. The molecule has 0 saturated heterocycles. The molecule has 1 aromatic rings. The molecule has 0 bridgehead atoms. The molecule has 0 aliphatic carbocycles. The molecule has 3 heteroatoms. The second-order valence-corrected chi connectivity index (χ2v) is 5.01. The van der Waals surface area contributed by atoms with Gasteiger partial charge in [0.25, 0.3) is 0 Å². The van der Waals surface area contributed by atoms with Crippen molar-refractivity contribution in [2.45, 2.75) is 20.5 Å². The van der Waals surface area contributed by atoms with Crippen molar-refractivity contribution in [3.05, 3.63) is 48.6 Å². The van der Waals surface area contributed by atoms with Crippen LogP contribution in [-0.2, 0) is 16.1 Å². The normalized spacial score (nSPS) is 14.1. The fourth-order valence-electron chi connectivity index (χ4n) is 2.17. The summed E-state index contributed by atoms with van der Waals surface area (Å²) >= 11 is 0. The summed E-state index contributed by atoms with van der Waals surface area (Å²) in [6.45, 7) is 8.43. The van der Waals surface area contributed by atoms with Crippen LogP contribution in [0.25, 0.3) is 0 Å². The van der Waals surface area contributed by atoms with E-state index in [0.717, 1.165) is 5.56 Å². The first-order valence-electron chi connectivity index (χ1n) is 6.53. The first-order valence-corrected chi connectivity index (χ1v) is 6.53. The maximum absolute atomic E-state index is 11.3. The van der Waals surface area contributed by atoms with Crippen LogP contribution in [0.15, 0.2) is 43.0 Å². The smallest absolute Gasteiger partial charge is 0.307 e. The van der Waals surface area contributed by atoms with E-state index in [-0.39, 0.29) is 11.8 Å². The van der Waals surface area contributed by atoms with Gasteiger partial charge in [-0.2, -0.15) is 0 Å². The Morgan fingerprint density at radius 1 is 1.37 bits per heavy atom. The fraction of sp³-hybridized carbons (Fsp3) is 0.438. The Balaban J connectivity index is 2.52. The van der Waals surface area contributed by atoms with E-state index in [1.165, 1.54) is 0 Å². The van der Waals surface area contributed by atoms with Crippen LogP contribution in [0.2, 0.25) is 0 Å². The van der Waals surface area contributed by atoms with Gasteiger partial charge in [0.2, 0.25) is 0 Å². The lowest BCUT2D eigenvalue weighted by Crippen LogP contribution is -2.30. The van der Waals surface area contributed by atoms with Gasteiger partial charge in [-0.15, -0.1) is 6.58 Å². The molecular weight excluding hydrogens is 240 g/mol. The fourth-order valence-corrected chi connectivity index (χ4v) is 2.17. The van der Waals surface area contributed by atoms with Crippen molar-refractivity contribution in [3.63, 3.8) is 0 Å². The van der Waals surface area contributed by atoms with E-state index >= 15 is 0 Å². The lowest BCUT2D eigenvalue weighted by molar-refractivity contribution is -0.145. The van der Waals surface area contributed by atoms with Crippen LogP contribution < -0.4 is 0 Å². The Morgan fingerprint density at radius 3 is 2.47 bits per heavy atom. The molecule has 1 N–H and O–H groups in total. The standard InChI is InChI=1S/C16H22O3/c1-4-14(15(12(2)3)16(17)18)11-19-10-13-8-6-5-7-9-13/h4-9,12,14-15H,1,10-11H2,2-3H3,(H,17,18)/t14-,15+/m0/s1. The molecule has 19 heavy (non-hydrogen) atoms. The Bertz CT molecular complexity index is 398. The molecule has 0 saturated carbocycles. The van der Waals surface area contributed by atoms with E-state index in [1.54, 1.807) is 6.08 Å². The summed E-state index contributed by atoms with van der Waals surface area (Å²) in [6, 6.07) is 9.84. The van der Waals surface area contributed by atoms with Crippen molar-refractivity contribution in [3.8, 4) is 0 Å². The average Bonchev–Trinajstić information content (AvgIpc) is 2.37. The summed E-state index contributed by atoms with van der Waals surface area (Å²) in [5.41, 5.74) is 1.08. The van der Waals surface area contributed by atoms with E-state index in [4.69, 9.17) is 4.74 Å². The molecule has 0 spiro atoms. The molecule has 3 nitrogen and oxygen atoms in total. The maximum atomic E-state index is 11.3. The lowest BCUT2D eigenvalue weighted by atomic mass is 9.84. The minimum atomic E-state index is -0.789. The SMILES string of the molecule is C=C[C@@H](COCc1ccccc1)[C@H](C(=O)O)C(C)C. The molecule has 0 unspecified atom stereocenters. The zero-order chi connectivity index (χ0) is 14.3. The van der Waals surface area contributed by atoms with Gasteiger partial charge in [-0.05, 0) is 11.5 Å². The summed E-state index contributed by atoms with van der Waals surface area (Å²) in [4.78, 5) is 11.3. The quantitative estimate of drug-likeness (QED) is 0.731. The number of carbonyl (C=O) groups is 1. The maximum Gasteiger partial charge on any atom is 0.307 e. The second kappa shape index (κ2) is 7.74. The van der Waals surface area contributed by atoms with Gasteiger partial charge >= 0.3 is 5.97 Å². The summed E-state index contributed by atoms with van der Waals surface area (Å²) in [6.07, 6.45) is 1.68. The third-order valence-electron chi connectivity index (χ3n) is 3.19. The highest BCUT2D eigenvalue weighted by Gasteiger charge is 2.29. The Kier molecular flexibility index (Phi) is 6.30. The molecule has 0 radical (unpaired) electrons. The number of benzene rings is 1. The van der Waals surface area contributed by atoms with E-state index in [9.17, 15) is 9.90 Å². The first kappa shape index (κ1) is 15.4. The molecule has 0 heterocycles. The van der Waals surface area contributed by atoms with Crippen molar-refractivity contribution in [1.82, 2.24) is 0 Å². The topological polar surface area (TPSA) is 46.5 Å². The highest BCUT2D eigenvalue weighted by atomic mass is 16.5. The van der Waals surface area contributed by atoms with Crippen LogP contribution in [0, 0.1) is 17.8 Å². The number of hydrogen-bond acceptors (Lipinski definition) is 2. The van der Waals surface area contributed by atoms with Gasteiger partial charge in [0.15, 0.2) is 0 Å². The van der Waals surface area contributed by atoms with Crippen LogP contribution in [0.5, 0.6) is 0 Å². The third kappa shape index (κ3) is 4.87. The van der Waals surface area contributed by atoms with Gasteiger partial charge in [-0.1, -0.05) is 50.3 Å². The molecule has 2 atom stereocenters. The van der Waals surface area contributed by atoms with Gasteiger partial charge in [0, 0.05) is 5.92 Å². The predicted molar refractivity (Wildman–Crippen MR) is 75.7 cm³/mol. The minimum absolute atomic E-state index is 0.0563. The van der Waals surface area contributed by atoms with Crippen LogP contribution in [0.1, 0.15) is 19.4 Å². The number of aliphatic carboxylic acids is 1. The van der Waals surface area contributed by atoms with Crippen LogP contribution in [0.4, 0.5) is 0 Å². The van der Waals surface area contributed by atoms with Crippen molar-refractivity contribution >= 4 is 5.97 Å². The molecule has 0 aliphatic heterocycles. The number of hydrogen-bond donors (Lipinski definition) is 1. The third-order valence-corrected chi connectivity index (χ3v) is 3.19. The molecule has 1 aromatic carbocycles. The Morgan fingerprint density at radius 2 is 2.00 bits per heavy atom. The highest BCUT2D eigenvalue weighted by Crippen LogP contribution is 2.23. The lowest BCUT2D eigenvalue weighted by Gasteiger charge is -2.24. The van der Waals surface area contributed by atoms with Gasteiger partial charge in [-0.3, -0.25) is 4.79 Å². The largest absolute Gasteiger partial charge is 0.481 e. The zero-order valence-electron chi connectivity index (χ0n) is 11.6. The molecule has 0 fully saturated rings. The van der Waals surface area contributed by atoms with Crippen LogP contribution in [0.3, 0.4) is 0 Å². The van der Waals surface area contributed by atoms with E-state index in [2.05, 4.69) is 6.58 Å². The molecule has 0 amide bonds. The monoisotopic (exact) mass is 262 g/mol. The van der Waals surface area contributed by atoms with E-state index in [0.29, 0.717) is 13.2 Å². The van der Waals surface area contributed by atoms with Crippen molar-refractivity contribution < 1.29 is 14.6 Å². The predicted octanol–water partition coefficient (Wildman–Crippen LogP) is 3.36. The summed E-state index contributed by atoms with van der Waals surface area (Å²) in [5.74, 6) is -1.35. The average molecular weight is 262 g/mol. The Labute approximate surface area is 114 Å². The highest BCUT2D eigenvalue weighted by molar-refractivity contribution is 5.71. The number of carboxylic acid groups (broad SMARTS) is 1. The number of ether oxygens (including phenoxy) is 1. The Hall–Kier alpha value is -1.61. The van der Waals surface area contributed by atoms with Gasteiger partial charge in [0.1, 0.15) is 0 Å². The molecule has 104 valence electrons. The van der Waals surface area contributed by atoms with Crippen LogP contribution >= 0.6 is 0 Å². The molecular formula is C16H22O3. The van der Waals surface area contributed by atoms with Gasteiger partial charge < -0.3 is 9.84 Å². The van der Waals surface area contributed by atoms with Crippen LogP contribution in [-0.4, -0.2) is 17.7 Å². The van der Waals surface area contributed by atoms with E-state index < -0.39 is 11.9 Å². The van der Waals surface area contributed by atoms with Crippen molar-refractivity contribution in [2.75, 3.05) is 6.61 Å². The first-order chi connectivity index (χ1) is 9.06. The minimum Gasteiger partial charge on any atom is -0.481 e. The summed E-state index contributed by atoms with van der Waals surface area (Å²) in [5, 5.41) is 9.26. The molecule has 0 aromatic heterocycles. The summed E-state index contributed by atoms with van der Waals surface area (Å²) in [7, 11) is 0. The van der Waals surface area contributed by atoms with Crippen molar-refractivity contribution in [2.24, 2.45) is 17.8 Å². The summed E-state index contributed by atoms with van der Waals surface area (Å²) < 4.78 is 5.62. The van der Waals surface area contributed by atoms with Crippen molar-refractivity contribution in [1.29, 1.82) is 0 Å².